The van der Waals surface area contributed by atoms with Gasteiger partial charge >= 0.3 is 0 Å². The lowest BCUT2D eigenvalue weighted by atomic mass is 10.1. The van der Waals surface area contributed by atoms with Crippen LogP contribution in [0, 0.1) is 6.92 Å². The quantitative estimate of drug-likeness (QED) is 0.637. The molecule has 0 aliphatic heterocycles. The molecule has 3 rings (SSSR count). The van der Waals surface area contributed by atoms with Crippen molar-refractivity contribution >= 4 is 21.6 Å². The fraction of sp³-hybridized carbons (Fsp3) is 0.136. The minimum Gasteiger partial charge on any atom is -0.326 e. The Labute approximate surface area is 165 Å². The summed E-state index contributed by atoms with van der Waals surface area (Å²) in [7, 11) is -3.61. The molecular weight excluding hydrogens is 372 g/mol. The van der Waals surface area contributed by atoms with Crippen LogP contribution in [0.4, 0.5) is 5.69 Å². The number of carbonyl (C=O) groups is 1. The molecule has 28 heavy (non-hydrogen) atoms. The molecule has 0 aliphatic rings. The Kier molecular flexibility index (Phi) is 6.23. The van der Waals surface area contributed by atoms with E-state index in [0.29, 0.717) is 5.69 Å². The van der Waals surface area contributed by atoms with Crippen LogP contribution in [0.25, 0.3) is 11.1 Å². The molecule has 0 aromatic heterocycles. The number of amides is 1. The lowest BCUT2D eigenvalue weighted by Crippen LogP contribution is -2.27. The van der Waals surface area contributed by atoms with Crippen molar-refractivity contribution in [3.8, 4) is 11.1 Å². The van der Waals surface area contributed by atoms with Gasteiger partial charge in [0.05, 0.1) is 4.90 Å². The van der Waals surface area contributed by atoms with Crippen molar-refractivity contribution in [2.24, 2.45) is 0 Å². The topological polar surface area (TPSA) is 75.3 Å². The number of carbonyl (C=O) groups excluding carboxylic acids is 1. The summed E-state index contributed by atoms with van der Waals surface area (Å²) in [6, 6.07) is 24.1. The van der Waals surface area contributed by atoms with Gasteiger partial charge in [0.1, 0.15) is 0 Å². The van der Waals surface area contributed by atoms with Crippen molar-refractivity contribution < 1.29 is 13.2 Å². The van der Waals surface area contributed by atoms with E-state index in [1.165, 1.54) is 0 Å². The van der Waals surface area contributed by atoms with Crippen molar-refractivity contribution in [2.45, 2.75) is 18.2 Å². The number of rotatable bonds is 7. The highest BCUT2D eigenvalue weighted by Gasteiger charge is 2.13. The SMILES string of the molecule is Cc1ccc(S(=O)(=O)NCCC(=O)Nc2ccc(-c3ccccc3)cc2)cc1. The summed E-state index contributed by atoms with van der Waals surface area (Å²) in [6.07, 6.45) is 0.0472. The highest BCUT2D eigenvalue weighted by Crippen LogP contribution is 2.21. The van der Waals surface area contributed by atoms with E-state index in [1.807, 2.05) is 61.5 Å². The second-order valence-electron chi connectivity index (χ2n) is 6.45. The van der Waals surface area contributed by atoms with Crippen LogP contribution in [0.15, 0.2) is 83.8 Å². The van der Waals surface area contributed by atoms with Crippen molar-refractivity contribution in [3.05, 3.63) is 84.4 Å². The van der Waals surface area contributed by atoms with Crippen LogP contribution in [0.3, 0.4) is 0 Å². The second-order valence-corrected chi connectivity index (χ2v) is 8.22. The molecule has 0 fully saturated rings. The molecule has 0 saturated heterocycles. The van der Waals surface area contributed by atoms with Gasteiger partial charge < -0.3 is 5.32 Å². The van der Waals surface area contributed by atoms with Gasteiger partial charge in [-0.05, 0) is 42.3 Å². The number of nitrogens with one attached hydrogen (secondary N) is 2. The van der Waals surface area contributed by atoms with Crippen LogP contribution in [0.2, 0.25) is 0 Å². The Morgan fingerprint density at radius 3 is 2.07 bits per heavy atom. The van der Waals surface area contributed by atoms with Crippen molar-refractivity contribution in [1.82, 2.24) is 4.72 Å². The molecule has 6 heteroatoms. The normalized spacial score (nSPS) is 11.2. The van der Waals surface area contributed by atoms with Gasteiger partial charge in [0, 0.05) is 18.7 Å². The molecule has 5 nitrogen and oxygen atoms in total. The third kappa shape index (κ3) is 5.28. The van der Waals surface area contributed by atoms with Crippen LogP contribution >= 0.6 is 0 Å². The van der Waals surface area contributed by atoms with Gasteiger partial charge in [0.15, 0.2) is 0 Å². The molecule has 144 valence electrons. The summed E-state index contributed by atoms with van der Waals surface area (Å²) in [4.78, 5) is 12.3. The summed E-state index contributed by atoms with van der Waals surface area (Å²) < 4.78 is 26.9. The van der Waals surface area contributed by atoms with E-state index in [0.717, 1.165) is 16.7 Å². The van der Waals surface area contributed by atoms with Crippen LogP contribution in [0.5, 0.6) is 0 Å². The predicted molar refractivity (Wildman–Crippen MR) is 111 cm³/mol. The van der Waals surface area contributed by atoms with Crippen LogP contribution < -0.4 is 10.0 Å². The summed E-state index contributed by atoms with van der Waals surface area (Å²) in [5.41, 5.74) is 3.82. The summed E-state index contributed by atoms with van der Waals surface area (Å²) in [5, 5.41) is 2.78. The van der Waals surface area contributed by atoms with Gasteiger partial charge in [-0.25, -0.2) is 13.1 Å². The van der Waals surface area contributed by atoms with Crippen LogP contribution in [0.1, 0.15) is 12.0 Å². The first-order valence-electron chi connectivity index (χ1n) is 8.96. The maximum absolute atomic E-state index is 12.2. The number of anilines is 1. The largest absolute Gasteiger partial charge is 0.326 e. The Morgan fingerprint density at radius 1 is 0.821 bits per heavy atom. The minimum atomic E-state index is -3.61. The van der Waals surface area contributed by atoms with Gasteiger partial charge in [0.2, 0.25) is 15.9 Å². The maximum Gasteiger partial charge on any atom is 0.240 e. The molecule has 0 heterocycles. The molecule has 2 N–H and O–H groups in total. The molecular formula is C22H22N2O3S. The van der Waals surface area contributed by atoms with Crippen molar-refractivity contribution in [3.63, 3.8) is 0 Å². The van der Waals surface area contributed by atoms with E-state index >= 15 is 0 Å². The molecule has 0 atom stereocenters. The van der Waals surface area contributed by atoms with Crippen molar-refractivity contribution in [2.75, 3.05) is 11.9 Å². The standard InChI is InChI=1S/C22H22N2O3S/c1-17-7-13-21(14-8-17)28(26,27)23-16-15-22(25)24-20-11-9-19(10-12-20)18-5-3-2-4-6-18/h2-14,23H,15-16H2,1H3,(H,24,25). The first-order valence-corrected chi connectivity index (χ1v) is 10.4. The maximum atomic E-state index is 12.2. The van der Waals surface area contributed by atoms with E-state index in [9.17, 15) is 13.2 Å². The fourth-order valence-electron chi connectivity index (χ4n) is 2.70. The van der Waals surface area contributed by atoms with E-state index in [-0.39, 0.29) is 23.8 Å². The van der Waals surface area contributed by atoms with E-state index in [4.69, 9.17) is 0 Å². The second kappa shape index (κ2) is 8.82. The van der Waals surface area contributed by atoms with Crippen LogP contribution in [-0.4, -0.2) is 20.9 Å². The molecule has 0 unspecified atom stereocenters. The highest BCUT2D eigenvalue weighted by atomic mass is 32.2. The third-order valence-corrected chi connectivity index (χ3v) is 5.73. The first-order chi connectivity index (χ1) is 13.4. The van der Waals surface area contributed by atoms with E-state index in [2.05, 4.69) is 10.0 Å². The Hall–Kier alpha value is -2.96. The zero-order valence-electron chi connectivity index (χ0n) is 15.6. The monoisotopic (exact) mass is 394 g/mol. The zero-order chi connectivity index (χ0) is 20.0. The molecule has 0 saturated carbocycles. The van der Waals surface area contributed by atoms with Crippen molar-refractivity contribution in [1.29, 1.82) is 0 Å². The van der Waals surface area contributed by atoms with E-state index < -0.39 is 10.0 Å². The van der Waals surface area contributed by atoms with Gasteiger partial charge in [-0.3, -0.25) is 4.79 Å². The molecule has 0 radical (unpaired) electrons. The Morgan fingerprint density at radius 2 is 1.43 bits per heavy atom. The smallest absolute Gasteiger partial charge is 0.240 e. The number of hydrogen-bond acceptors (Lipinski definition) is 3. The summed E-state index contributed by atoms with van der Waals surface area (Å²) >= 11 is 0. The molecule has 0 bridgehead atoms. The first kappa shape index (κ1) is 19.8. The third-order valence-electron chi connectivity index (χ3n) is 4.25. The molecule has 1 amide bonds. The number of hydrogen-bond donors (Lipinski definition) is 2. The van der Waals surface area contributed by atoms with Gasteiger partial charge in [0.25, 0.3) is 0 Å². The minimum absolute atomic E-state index is 0.0319. The van der Waals surface area contributed by atoms with E-state index in [1.54, 1.807) is 24.3 Å². The predicted octanol–water partition coefficient (Wildman–Crippen LogP) is 3.97. The van der Waals surface area contributed by atoms with Gasteiger partial charge in [-0.2, -0.15) is 0 Å². The number of sulfonamides is 1. The fourth-order valence-corrected chi connectivity index (χ4v) is 3.73. The summed E-state index contributed by atoms with van der Waals surface area (Å²) in [6.45, 7) is 1.92. The zero-order valence-corrected chi connectivity index (χ0v) is 16.4. The summed E-state index contributed by atoms with van der Waals surface area (Å²) in [5.74, 6) is -0.251. The highest BCUT2D eigenvalue weighted by molar-refractivity contribution is 7.89. The molecule has 0 aliphatic carbocycles. The van der Waals surface area contributed by atoms with Gasteiger partial charge in [-0.15, -0.1) is 0 Å². The molecule has 0 spiro atoms. The molecule has 3 aromatic carbocycles. The molecule has 3 aromatic rings. The average Bonchev–Trinajstić information content (AvgIpc) is 2.69. The number of aryl methyl sites for hydroxylation is 1. The Balaban J connectivity index is 1.51. The van der Waals surface area contributed by atoms with Gasteiger partial charge in [-0.1, -0.05) is 60.2 Å². The average molecular weight is 394 g/mol. The lowest BCUT2D eigenvalue weighted by Gasteiger charge is -2.09. The number of benzene rings is 3. The lowest BCUT2D eigenvalue weighted by molar-refractivity contribution is -0.116. The Bertz CT molecular complexity index is 1030. The van der Waals surface area contributed by atoms with Crippen LogP contribution in [-0.2, 0) is 14.8 Å².